The van der Waals surface area contributed by atoms with Crippen molar-refractivity contribution in [2.45, 2.75) is 23.8 Å². The molecule has 0 aliphatic rings. The Balaban J connectivity index is 3.06. The molecule has 0 aliphatic heterocycles. The number of nitrogens with zero attached hydrogens (tertiary/aromatic N) is 3. The van der Waals surface area contributed by atoms with Crippen LogP contribution in [0.25, 0.3) is 0 Å². The smallest absolute Gasteiger partial charge is 0.339 e. The number of hydrogen-bond donors (Lipinski definition) is 3. The molecule has 0 spiro atoms. The Morgan fingerprint density at radius 3 is 2.88 bits per heavy atom. The number of nitrogens with one attached hydrogen (secondary N) is 1. The highest BCUT2D eigenvalue weighted by Gasteiger charge is 2.16. The van der Waals surface area contributed by atoms with Crippen LogP contribution in [0, 0.1) is 0 Å². The summed E-state index contributed by atoms with van der Waals surface area (Å²) in [6.45, 7) is 1.85. The maximum absolute atomic E-state index is 11.1. The molecule has 0 aromatic carbocycles. The molecule has 0 aliphatic carbocycles. The molecule has 4 N–H and O–H groups in total. The zero-order chi connectivity index (χ0) is 13.0. The van der Waals surface area contributed by atoms with Gasteiger partial charge >= 0.3 is 11.1 Å². The summed E-state index contributed by atoms with van der Waals surface area (Å²) in [7, 11) is 1.55. The molecule has 9 heteroatoms. The first-order valence-electron chi connectivity index (χ1n) is 4.81. The average molecular weight is 259 g/mol. The summed E-state index contributed by atoms with van der Waals surface area (Å²) in [6, 6.07) is 0. The topological polar surface area (TPSA) is 126 Å². The van der Waals surface area contributed by atoms with E-state index in [1.807, 2.05) is 6.92 Å². The number of rotatable bonds is 4. The van der Waals surface area contributed by atoms with Crippen molar-refractivity contribution in [2.75, 3.05) is 0 Å². The molecule has 17 heavy (non-hydrogen) atoms. The van der Waals surface area contributed by atoms with E-state index in [0.29, 0.717) is 11.6 Å². The number of hydrogen-bond acceptors (Lipinski definition) is 6. The molecule has 8 nitrogen and oxygen atoms in total. The second-order valence-electron chi connectivity index (χ2n) is 3.24. The molecule has 1 atom stereocenters. The fraction of sp³-hybridized carbons (Fsp3) is 0.500. The molecule has 0 bridgehead atoms. The maximum Gasteiger partial charge on any atom is 0.339 e. The minimum absolute atomic E-state index is 0.0398. The number of aromatic nitrogens is 3. The molecular weight excluding hydrogens is 246 g/mol. The normalized spacial score (nSPS) is 13.6. The van der Waals surface area contributed by atoms with Crippen LogP contribution in [-0.4, -0.2) is 31.1 Å². The van der Waals surface area contributed by atoms with E-state index in [9.17, 15) is 9.59 Å². The van der Waals surface area contributed by atoms with Gasteiger partial charge in [0.25, 0.3) is 0 Å². The van der Waals surface area contributed by atoms with Gasteiger partial charge in [0.2, 0.25) is 0 Å². The van der Waals surface area contributed by atoms with Crippen LogP contribution in [0.5, 0.6) is 0 Å². The van der Waals surface area contributed by atoms with Crippen molar-refractivity contribution in [1.82, 2.24) is 14.8 Å². The van der Waals surface area contributed by atoms with Crippen LogP contribution >= 0.6 is 11.8 Å². The number of amidine groups is 1. The predicted octanol–water partition coefficient (Wildman–Crippen LogP) is -0.914. The van der Waals surface area contributed by atoms with Crippen molar-refractivity contribution in [1.29, 1.82) is 0 Å². The first kappa shape index (κ1) is 13.3. The highest BCUT2D eigenvalue weighted by molar-refractivity contribution is 8.00. The zero-order valence-corrected chi connectivity index (χ0v) is 10.2. The van der Waals surface area contributed by atoms with E-state index in [-0.39, 0.29) is 11.1 Å². The van der Waals surface area contributed by atoms with Gasteiger partial charge < -0.3 is 10.9 Å². The molecule has 1 aromatic rings. The van der Waals surface area contributed by atoms with E-state index < -0.39 is 11.1 Å². The van der Waals surface area contributed by atoms with Crippen molar-refractivity contribution in [3.05, 3.63) is 20.7 Å². The molecule has 0 amide bonds. The molecule has 0 radical (unpaired) electrons. The fourth-order valence-corrected chi connectivity index (χ4v) is 2.04. The maximum atomic E-state index is 11.1. The summed E-state index contributed by atoms with van der Waals surface area (Å²) in [5.74, 6) is 0.0398. The summed E-state index contributed by atoms with van der Waals surface area (Å²) in [5.41, 5.74) is 3.84. The Bertz CT molecular complexity index is 535. The largest absolute Gasteiger partial charge is 0.409 e. The van der Waals surface area contributed by atoms with Gasteiger partial charge in [0, 0.05) is 7.05 Å². The van der Waals surface area contributed by atoms with Crippen molar-refractivity contribution in [2.24, 2.45) is 17.9 Å². The molecule has 0 saturated carbocycles. The third kappa shape index (κ3) is 3.09. The van der Waals surface area contributed by atoms with Crippen LogP contribution in [0.3, 0.4) is 0 Å². The van der Waals surface area contributed by atoms with Crippen molar-refractivity contribution in [3.8, 4) is 0 Å². The van der Waals surface area contributed by atoms with Crippen LogP contribution in [0.1, 0.15) is 13.3 Å². The van der Waals surface area contributed by atoms with Crippen molar-refractivity contribution < 1.29 is 5.21 Å². The molecule has 0 saturated heterocycles. The molecule has 1 heterocycles. The van der Waals surface area contributed by atoms with Crippen LogP contribution < -0.4 is 16.9 Å². The molecule has 1 rings (SSSR count). The average Bonchev–Trinajstić information content (AvgIpc) is 2.31. The van der Waals surface area contributed by atoms with E-state index in [1.165, 1.54) is 4.68 Å². The Morgan fingerprint density at radius 2 is 2.35 bits per heavy atom. The molecule has 1 unspecified atom stereocenters. The summed E-state index contributed by atoms with van der Waals surface area (Å²) >= 11 is 1.14. The van der Waals surface area contributed by atoms with E-state index in [4.69, 9.17) is 10.9 Å². The predicted molar refractivity (Wildman–Crippen MR) is 63.4 cm³/mol. The Hall–Kier alpha value is -1.77. The lowest BCUT2D eigenvalue weighted by atomic mass is 10.3. The number of aromatic amines is 1. The fourth-order valence-electron chi connectivity index (χ4n) is 1.11. The minimum Gasteiger partial charge on any atom is -0.409 e. The van der Waals surface area contributed by atoms with Crippen molar-refractivity contribution in [3.63, 3.8) is 0 Å². The van der Waals surface area contributed by atoms with Gasteiger partial charge in [0.1, 0.15) is 0 Å². The Morgan fingerprint density at radius 1 is 1.71 bits per heavy atom. The lowest BCUT2D eigenvalue weighted by molar-refractivity contribution is 0.317. The van der Waals surface area contributed by atoms with Gasteiger partial charge in [-0.15, -0.1) is 0 Å². The quantitative estimate of drug-likeness (QED) is 0.160. The number of thioether (sulfide) groups is 1. The first-order valence-corrected chi connectivity index (χ1v) is 5.69. The van der Waals surface area contributed by atoms with Crippen LogP contribution in [-0.2, 0) is 7.05 Å². The van der Waals surface area contributed by atoms with Gasteiger partial charge in [-0.25, -0.2) is 0 Å². The van der Waals surface area contributed by atoms with Gasteiger partial charge in [-0.2, -0.15) is 4.98 Å². The van der Waals surface area contributed by atoms with E-state index in [1.54, 1.807) is 7.05 Å². The van der Waals surface area contributed by atoms with Crippen LogP contribution in [0.4, 0.5) is 0 Å². The Labute approximate surface area is 101 Å². The number of aryl methyl sites for hydroxylation is 1. The molecule has 94 valence electrons. The highest BCUT2D eigenvalue weighted by atomic mass is 32.2. The third-order valence-electron chi connectivity index (χ3n) is 2.01. The summed E-state index contributed by atoms with van der Waals surface area (Å²) in [4.78, 5) is 25.7. The van der Waals surface area contributed by atoms with Gasteiger partial charge in [-0.3, -0.25) is 19.4 Å². The molecule has 0 fully saturated rings. The van der Waals surface area contributed by atoms with Gasteiger partial charge in [-0.1, -0.05) is 23.8 Å². The lowest BCUT2D eigenvalue weighted by Crippen LogP contribution is -2.35. The SMILES string of the molecule is CCC(Sc1nc(=O)c(=O)[nH]n1C)C(N)=NO. The second kappa shape index (κ2) is 5.53. The van der Waals surface area contributed by atoms with E-state index >= 15 is 0 Å². The van der Waals surface area contributed by atoms with Gasteiger partial charge in [-0.05, 0) is 6.42 Å². The van der Waals surface area contributed by atoms with E-state index in [2.05, 4.69) is 15.2 Å². The molecular formula is C8H13N5O3S. The first-order chi connectivity index (χ1) is 7.99. The minimum atomic E-state index is -0.861. The van der Waals surface area contributed by atoms with Crippen LogP contribution in [0.2, 0.25) is 0 Å². The summed E-state index contributed by atoms with van der Waals surface area (Å²) in [5, 5.41) is 13.8. The summed E-state index contributed by atoms with van der Waals surface area (Å²) < 4.78 is 1.32. The van der Waals surface area contributed by atoms with Gasteiger partial charge in [0.05, 0.1) is 5.25 Å². The number of nitrogens with two attached hydrogens (primary N) is 1. The standard InChI is InChI=1S/C8H13N5O3S/c1-3-4(5(9)12-16)17-8-10-6(14)7(15)11-13(8)2/h4,16H,3H2,1-2H3,(H2,9,12)(H,11,15). The number of H-pyrrole nitrogens is 1. The van der Waals surface area contributed by atoms with Crippen LogP contribution in [0.15, 0.2) is 19.9 Å². The number of oxime groups is 1. The highest BCUT2D eigenvalue weighted by Crippen LogP contribution is 2.21. The zero-order valence-electron chi connectivity index (χ0n) is 9.38. The lowest BCUT2D eigenvalue weighted by Gasteiger charge is -2.13. The van der Waals surface area contributed by atoms with E-state index in [0.717, 1.165) is 11.8 Å². The Kier molecular flexibility index (Phi) is 4.32. The monoisotopic (exact) mass is 259 g/mol. The van der Waals surface area contributed by atoms with Gasteiger partial charge in [0.15, 0.2) is 11.0 Å². The molecule has 1 aromatic heterocycles. The third-order valence-corrected chi connectivity index (χ3v) is 3.45. The summed E-state index contributed by atoms with van der Waals surface area (Å²) in [6.07, 6.45) is 0.593. The van der Waals surface area contributed by atoms with Crippen molar-refractivity contribution >= 4 is 17.6 Å². The second-order valence-corrected chi connectivity index (χ2v) is 4.41.